The summed E-state index contributed by atoms with van der Waals surface area (Å²) in [5, 5.41) is 7.74. The van der Waals surface area contributed by atoms with Crippen LogP contribution in [0, 0.1) is 0 Å². The number of fused-ring (bicyclic) bond motifs is 1. The van der Waals surface area contributed by atoms with Crippen molar-refractivity contribution in [3.8, 4) is 0 Å². The molecule has 1 fully saturated rings. The zero-order valence-electron chi connectivity index (χ0n) is 14.0. The predicted octanol–water partition coefficient (Wildman–Crippen LogP) is 3.87. The van der Waals surface area contributed by atoms with Crippen molar-refractivity contribution in [1.82, 2.24) is 15.2 Å². The van der Waals surface area contributed by atoms with Crippen molar-refractivity contribution < 1.29 is 4.79 Å². The van der Waals surface area contributed by atoms with Gasteiger partial charge in [-0.05, 0) is 53.9 Å². The first-order valence-electron chi connectivity index (χ1n) is 8.50. The molecule has 1 aliphatic heterocycles. The Bertz CT molecular complexity index is 737. The van der Waals surface area contributed by atoms with Gasteiger partial charge in [0.2, 0.25) is 5.91 Å². The average molecular weight is 390 g/mol. The number of hydrogen-bond donors (Lipinski definition) is 2. The molecule has 2 aromatic rings. The van der Waals surface area contributed by atoms with Gasteiger partial charge in [-0.1, -0.05) is 34.1 Å². The summed E-state index contributed by atoms with van der Waals surface area (Å²) in [6, 6.07) is 9.68. The van der Waals surface area contributed by atoms with Crippen molar-refractivity contribution in [2.75, 3.05) is 6.54 Å². The van der Waals surface area contributed by atoms with Gasteiger partial charge in [0.1, 0.15) is 0 Å². The number of carbonyl (C=O) groups is 1. The highest BCUT2D eigenvalue weighted by Gasteiger charge is 2.22. The molecule has 3 rings (SSSR count). The van der Waals surface area contributed by atoms with E-state index in [4.69, 9.17) is 0 Å². The molecule has 1 amide bonds. The van der Waals surface area contributed by atoms with Crippen molar-refractivity contribution >= 4 is 32.7 Å². The van der Waals surface area contributed by atoms with Crippen molar-refractivity contribution in [3.63, 3.8) is 0 Å². The summed E-state index contributed by atoms with van der Waals surface area (Å²) in [5.74, 6) is 0.00604. The fourth-order valence-corrected chi connectivity index (χ4v) is 3.70. The number of piperidine rings is 1. The van der Waals surface area contributed by atoms with Crippen LogP contribution in [0.1, 0.15) is 37.8 Å². The number of halogens is 1. The Hall–Kier alpha value is -1.59. The van der Waals surface area contributed by atoms with E-state index in [0.717, 1.165) is 31.4 Å². The number of carbonyl (C=O) groups excluding carboxylic acids is 1. The summed E-state index contributed by atoms with van der Waals surface area (Å²) < 4.78 is 2.41. The minimum atomic E-state index is 0.00604. The summed E-state index contributed by atoms with van der Waals surface area (Å²) >= 11 is 3.35. The Morgan fingerprint density at radius 3 is 3.12 bits per heavy atom. The van der Waals surface area contributed by atoms with Gasteiger partial charge in [0.05, 0.1) is 0 Å². The first kappa shape index (κ1) is 17.2. The van der Waals surface area contributed by atoms with E-state index in [1.807, 2.05) is 4.99 Å². The standard InChI is InChI=1S/C19H24BrN3O/c1-14(24)22-13-15-4-5-16-7-10-23(19(16)11-15)18-6-9-21-17(12-18)3-2-8-20/h2,4-5,7-8,10-11,17-18,21H,3,6,9,12-13H2,1H3,(H,22,24)/b8-2+. The summed E-state index contributed by atoms with van der Waals surface area (Å²) in [4.78, 5) is 13.1. The van der Waals surface area contributed by atoms with Crippen molar-refractivity contribution in [2.24, 2.45) is 0 Å². The van der Waals surface area contributed by atoms with Crippen LogP contribution in [0.25, 0.3) is 10.9 Å². The van der Waals surface area contributed by atoms with Gasteiger partial charge in [0.15, 0.2) is 0 Å². The third-order valence-electron chi connectivity index (χ3n) is 4.70. The van der Waals surface area contributed by atoms with Gasteiger partial charge >= 0.3 is 0 Å². The second-order valence-corrected chi connectivity index (χ2v) is 6.98. The van der Waals surface area contributed by atoms with E-state index >= 15 is 0 Å². The van der Waals surface area contributed by atoms with Crippen LogP contribution in [0.3, 0.4) is 0 Å². The van der Waals surface area contributed by atoms with Crippen LogP contribution in [-0.4, -0.2) is 23.1 Å². The lowest BCUT2D eigenvalue weighted by Crippen LogP contribution is -2.38. The highest BCUT2D eigenvalue weighted by molar-refractivity contribution is 9.11. The SMILES string of the molecule is CC(=O)NCc1ccc2ccn(C3CCNC(C/C=C/Br)C3)c2c1. The Morgan fingerprint density at radius 2 is 2.33 bits per heavy atom. The molecular formula is C19H24BrN3O. The van der Waals surface area contributed by atoms with Gasteiger partial charge in [-0.2, -0.15) is 0 Å². The average Bonchev–Trinajstić information content (AvgIpc) is 3.01. The van der Waals surface area contributed by atoms with Crippen LogP contribution < -0.4 is 10.6 Å². The lowest BCUT2D eigenvalue weighted by molar-refractivity contribution is -0.119. The molecule has 128 valence electrons. The van der Waals surface area contributed by atoms with E-state index < -0.39 is 0 Å². The van der Waals surface area contributed by atoms with E-state index in [-0.39, 0.29) is 5.91 Å². The molecule has 0 aliphatic carbocycles. The number of nitrogens with zero attached hydrogens (tertiary/aromatic N) is 1. The number of amides is 1. The second kappa shape index (κ2) is 7.99. The highest BCUT2D eigenvalue weighted by Crippen LogP contribution is 2.29. The van der Waals surface area contributed by atoms with E-state index in [0.29, 0.717) is 18.6 Å². The first-order chi connectivity index (χ1) is 11.7. The molecular weight excluding hydrogens is 366 g/mol. The minimum absolute atomic E-state index is 0.00604. The fourth-order valence-electron chi connectivity index (χ4n) is 3.48. The Kier molecular flexibility index (Phi) is 5.74. The summed E-state index contributed by atoms with van der Waals surface area (Å²) in [6.07, 6.45) is 7.71. The fraction of sp³-hybridized carbons (Fsp3) is 0.421. The Balaban J connectivity index is 1.80. The molecule has 0 radical (unpaired) electrons. The van der Waals surface area contributed by atoms with E-state index in [9.17, 15) is 4.79 Å². The molecule has 1 aliphatic rings. The maximum absolute atomic E-state index is 11.1. The molecule has 2 heterocycles. The normalized spacial score (nSPS) is 21.4. The number of nitrogens with one attached hydrogen (secondary N) is 2. The second-order valence-electron chi connectivity index (χ2n) is 6.45. The molecule has 1 aromatic carbocycles. The molecule has 2 atom stereocenters. The molecule has 0 spiro atoms. The largest absolute Gasteiger partial charge is 0.352 e. The summed E-state index contributed by atoms with van der Waals surface area (Å²) in [7, 11) is 0. The maximum Gasteiger partial charge on any atom is 0.217 e. The molecule has 2 unspecified atom stereocenters. The molecule has 4 nitrogen and oxygen atoms in total. The van der Waals surface area contributed by atoms with Gasteiger partial charge in [-0.15, -0.1) is 0 Å². The maximum atomic E-state index is 11.1. The van der Waals surface area contributed by atoms with Gasteiger partial charge in [0.25, 0.3) is 0 Å². The smallest absolute Gasteiger partial charge is 0.217 e. The topological polar surface area (TPSA) is 46.1 Å². The first-order valence-corrected chi connectivity index (χ1v) is 9.41. The molecule has 1 saturated heterocycles. The van der Waals surface area contributed by atoms with Gasteiger partial charge < -0.3 is 15.2 Å². The van der Waals surface area contributed by atoms with Crippen molar-refractivity contribution in [3.05, 3.63) is 47.1 Å². The van der Waals surface area contributed by atoms with Crippen molar-refractivity contribution in [1.29, 1.82) is 0 Å². The molecule has 24 heavy (non-hydrogen) atoms. The Labute approximate surface area is 151 Å². The zero-order valence-corrected chi connectivity index (χ0v) is 15.6. The number of benzene rings is 1. The third-order valence-corrected chi connectivity index (χ3v) is 5.07. The molecule has 2 N–H and O–H groups in total. The summed E-state index contributed by atoms with van der Waals surface area (Å²) in [5.41, 5.74) is 2.41. The summed E-state index contributed by atoms with van der Waals surface area (Å²) in [6.45, 7) is 3.19. The van der Waals surface area contributed by atoms with Crippen LogP contribution >= 0.6 is 15.9 Å². The molecule has 5 heteroatoms. The van der Waals surface area contributed by atoms with Crippen LogP contribution in [-0.2, 0) is 11.3 Å². The lowest BCUT2D eigenvalue weighted by Gasteiger charge is -2.31. The van der Waals surface area contributed by atoms with Gasteiger partial charge in [0, 0.05) is 37.3 Å². The molecule has 0 bridgehead atoms. The third kappa shape index (κ3) is 4.08. The van der Waals surface area contributed by atoms with Crippen LogP contribution in [0.15, 0.2) is 41.5 Å². The van der Waals surface area contributed by atoms with Gasteiger partial charge in [-0.3, -0.25) is 4.79 Å². The quantitative estimate of drug-likeness (QED) is 0.814. The number of hydrogen-bond acceptors (Lipinski definition) is 2. The monoisotopic (exact) mass is 389 g/mol. The van der Waals surface area contributed by atoms with E-state index in [1.165, 1.54) is 10.9 Å². The van der Waals surface area contributed by atoms with Crippen LogP contribution in [0.5, 0.6) is 0 Å². The zero-order chi connectivity index (χ0) is 16.9. The predicted molar refractivity (Wildman–Crippen MR) is 102 cm³/mol. The molecule has 1 aromatic heterocycles. The Morgan fingerprint density at radius 1 is 1.46 bits per heavy atom. The van der Waals surface area contributed by atoms with Crippen LogP contribution in [0.2, 0.25) is 0 Å². The lowest BCUT2D eigenvalue weighted by atomic mass is 9.97. The van der Waals surface area contributed by atoms with Crippen LogP contribution in [0.4, 0.5) is 0 Å². The number of aromatic nitrogens is 1. The minimum Gasteiger partial charge on any atom is -0.352 e. The van der Waals surface area contributed by atoms with Crippen molar-refractivity contribution in [2.45, 2.75) is 44.8 Å². The van der Waals surface area contributed by atoms with Gasteiger partial charge in [-0.25, -0.2) is 0 Å². The molecule has 0 saturated carbocycles. The van der Waals surface area contributed by atoms with E-state index in [2.05, 4.69) is 67.7 Å². The highest BCUT2D eigenvalue weighted by atomic mass is 79.9. The van der Waals surface area contributed by atoms with E-state index in [1.54, 1.807) is 6.92 Å². The number of rotatable bonds is 5.